The third-order valence-electron chi connectivity index (χ3n) is 1.61. The van der Waals surface area contributed by atoms with E-state index in [9.17, 15) is 18.0 Å². The van der Waals surface area contributed by atoms with Crippen LogP contribution in [0.3, 0.4) is 0 Å². The third-order valence-corrected chi connectivity index (χ3v) is 3.22. The predicted octanol–water partition coefficient (Wildman–Crippen LogP) is 1.58. The number of hydrogen-bond acceptors (Lipinski definition) is 5. The number of thiazole rings is 1. The van der Waals surface area contributed by atoms with Crippen LogP contribution in [0.1, 0.15) is 15.5 Å². The number of aromatic nitrogens is 1. The molecule has 0 unspecified atom stereocenters. The summed E-state index contributed by atoms with van der Waals surface area (Å²) < 4.78 is 35.3. The number of hydrogen-bond donors (Lipinski definition) is 2. The maximum Gasteiger partial charge on any atom is 0.441 e. The summed E-state index contributed by atoms with van der Waals surface area (Å²) in [6, 6.07) is 0. The second-order valence-corrected chi connectivity index (χ2v) is 4.98. The summed E-state index contributed by atoms with van der Waals surface area (Å²) in [5, 5.41) is 4.49. The molecule has 0 spiro atoms. The average molecular weight is 285 g/mol. The molecule has 3 N–H and O–H groups in total. The van der Waals surface area contributed by atoms with Crippen molar-refractivity contribution in [3.05, 3.63) is 16.1 Å². The van der Waals surface area contributed by atoms with E-state index < -0.39 is 11.4 Å². The fourth-order valence-corrected chi connectivity index (χ4v) is 2.02. The molecule has 0 fully saturated rings. The molecule has 0 bridgehead atoms. The van der Waals surface area contributed by atoms with Crippen molar-refractivity contribution in [2.75, 3.05) is 12.3 Å². The fraction of sp³-hybridized carbons (Fsp3) is 0.500. The Morgan fingerprint density at radius 3 is 2.82 bits per heavy atom. The van der Waals surface area contributed by atoms with Crippen LogP contribution in [-0.4, -0.2) is 28.7 Å². The normalized spacial score (nSPS) is 11.5. The lowest BCUT2D eigenvalue weighted by Gasteiger charge is -2.05. The molecule has 1 aromatic rings. The summed E-state index contributed by atoms with van der Waals surface area (Å²) in [7, 11) is 0. The number of amides is 1. The molecule has 0 saturated heterocycles. The molecule has 1 rings (SSSR count). The molecule has 17 heavy (non-hydrogen) atoms. The molecule has 0 aliphatic carbocycles. The number of carbonyl (C=O) groups excluding carboxylic acids is 1. The zero-order valence-electron chi connectivity index (χ0n) is 8.58. The van der Waals surface area contributed by atoms with Gasteiger partial charge in [-0.1, -0.05) is 0 Å². The first-order chi connectivity index (χ1) is 7.92. The monoisotopic (exact) mass is 285 g/mol. The third kappa shape index (κ3) is 5.37. The minimum atomic E-state index is -4.27. The van der Waals surface area contributed by atoms with Crippen LogP contribution in [0.4, 0.5) is 13.2 Å². The minimum Gasteiger partial charge on any atom is -0.350 e. The van der Waals surface area contributed by atoms with E-state index in [1.807, 2.05) is 0 Å². The summed E-state index contributed by atoms with van der Waals surface area (Å²) in [6.07, 6.45) is 0. The summed E-state index contributed by atoms with van der Waals surface area (Å²) in [6.45, 7) is 0.181. The molecule has 1 aromatic heterocycles. The molecule has 1 heterocycles. The molecule has 0 saturated carbocycles. The lowest BCUT2D eigenvalue weighted by atomic mass is 10.4. The molecule has 9 heteroatoms. The molecule has 96 valence electrons. The average Bonchev–Trinajstić information content (AvgIpc) is 2.71. The Morgan fingerprint density at radius 2 is 2.29 bits per heavy atom. The lowest BCUT2D eigenvalue weighted by molar-refractivity contribution is -0.0327. The van der Waals surface area contributed by atoms with Gasteiger partial charge in [0.1, 0.15) is 10.7 Å². The number of thioether (sulfide) groups is 1. The van der Waals surface area contributed by atoms with Crippen LogP contribution in [-0.2, 0) is 6.54 Å². The van der Waals surface area contributed by atoms with Gasteiger partial charge in [0.2, 0.25) is 0 Å². The fourth-order valence-electron chi connectivity index (χ4n) is 0.931. The number of alkyl halides is 3. The second-order valence-electron chi connectivity index (χ2n) is 2.88. The van der Waals surface area contributed by atoms with Crippen molar-refractivity contribution < 1.29 is 18.0 Å². The summed E-state index contributed by atoms with van der Waals surface area (Å²) in [5.41, 5.74) is 1.24. The maximum absolute atomic E-state index is 11.8. The van der Waals surface area contributed by atoms with Crippen molar-refractivity contribution >= 4 is 29.0 Å². The number of nitrogens with two attached hydrogens (primary N) is 1. The van der Waals surface area contributed by atoms with E-state index in [1.165, 1.54) is 16.7 Å². The lowest BCUT2D eigenvalue weighted by Crippen LogP contribution is -2.26. The minimum absolute atomic E-state index is 0.0570. The van der Waals surface area contributed by atoms with Gasteiger partial charge in [-0.15, -0.1) is 11.3 Å². The van der Waals surface area contributed by atoms with Gasteiger partial charge in [-0.05, 0) is 11.8 Å². The SMILES string of the molecule is NCc1nc(C(=O)NCCSC(F)(F)F)cs1. The Morgan fingerprint density at radius 1 is 1.59 bits per heavy atom. The van der Waals surface area contributed by atoms with Crippen molar-refractivity contribution in [2.45, 2.75) is 12.1 Å². The van der Waals surface area contributed by atoms with Gasteiger partial charge in [0.15, 0.2) is 0 Å². The number of nitrogens with one attached hydrogen (secondary N) is 1. The highest BCUT2D eigenvalue weighted by Crippen LogP contribution is 2.29. The smallest absolute Gasteiger partial charge is 0.350 e. The van der Waals surface area contributed by atoms with Gasteiger partial charge < -0.3 is 11.1 Å². The van der Waals surface area contributed by atoms with E-state index in [0.29, 0.717) is 5.01 Å². The number of nitrogens with zero attached hydrogens (tertiary/aromatic N) is 1. The highest BCUT2D eigenvalue weighted by molar-refractivity contribution is 8.00. The first-order valence-electron chi connectivity index (χ1n) is 4.55. The zero-order valence-corrected chi connectivity index (χ0v) is 10.2. The van der Waals surface area contributed by atoms with E-state index in [-0.39, 0.29) is 36.3 Å². The largest absolute Gasteiger partial charge is 0.441 e. The van der Waals surface area contributed by atoms with E-state index in [1.54, 1.807) is 0 Å². The Hall–Kier alpha value is -0.800. The summed E-state index contributed by atoms with van der Waals surface area (Å²) in [5.74, 6) is -0.702. The second kappa shape index (κ2) is 6.22. The Kier molecular flexibility index (Phi) is 5.22. The number of rotatable bonds is 5. The Balaban J connectivity index is 2.30. The van der Waals surface area contributed by atoms with Crippen LogP contribution in [0.15, 0.2) is 5.38 Å². The molecule has 0 radical (unpaired) electrons. The molecule has 0 atom stereocenters. The van der Waals surface area contributed by atoms with Gasteiger partial charge in [-0.25, -0.2) is 4.98 Å². The summed E-state index contributed by atoms with van der Waals surface area (Å²) >= 11 is 1.07. The highest BCUT2D eigenvalue weighted by Gasteiger charge is 2.27. The van der Waals surface area contributed by atoms with Crippen LogP contribution in [0.2, 0.25) is 0 Å². The van der Waals surface area contributed by atoms with Crippen LogP contribution in [0, 0.1) is 0 Å². The molecule has 1 amide bonds. The first-order valence-corrected chi connectivity index (χ1v) is 6.42. The molecule has 4 nitrogen and oxygen atoms in total. The van der Waals surface area contributed by atoms with Gasteiger partial charge in [-0.3, -0.25) is 4.79 Å². The zero-order chi connectivity index (χ0) is 12.9. The molecule has 0 aromatic carbocycles. The van der Waals surface area contributed by atoms with Crippen LogP contribution < -0.4 is 11.1 Å². The Labute approximate surface area is 104 Å². The van der Waals surface area contributed by atoms with E-state index >= 15 is 0 Å². The Bertz CT molecular complexity index is 380. The maximum atomic E-state index is 11.8. The van der Waals surface area contributed by atoms with Crippen molar-refractivity contribution in [2.24, 2.45) is 5.73 Å². The van der Waals surface area contributed by atoms with Crippen LogP contribution in [0.25, 0.3) is 0 Å². The van der Waals surface area contributed by atoms with E-state index in [2.05, 4.69) is 10.3 Å². The quantitative estimate of drug-likeness (QED) is 0.806. The van der Waals surface area contributed by atoms with Crippen molar-refractivity contribution in [1.82, 2.24) is 10.3 Å². The standard InChI is InChI=1S/C8H10F3N3OS2/c9-8(10,11)17-2-1-13-7(15)5-4-16-6(3-12)14-5/h4H,1-3,12H2,(H,13,15). The molecular formula is C8H10F3N3OS2. The van der Waals surface area contributed by atoms with E-state index in [4.69, 9.17) is 5.73 Å². The molecular weight excluding hydrogens is 275 g/mol. The predicted molar refractivity (Wildman–Crippen MR) is 60.9 cm³/mol. The van der Waals surface area contributed by atoms with Crippen LogP contribution in [0.5, 0.6) is 0 Å². The van der Waals surface area contributed by atoms with Crippen molar-refractivity contribution in [1.29, 1.82) is 0 Å². The van der Waals surface area contributed by atoms with Gasteiger partial charge in [-0.2, -0.15) is 13.2 Å². The summed E-state index contributed by atoms with van der Waals surface area (Å²) in [4.78, 5) is 15.3. The number of carbonyl (C=O) groups is 1. The number of halogens is 3. The first kappa shape index (κ1) is 14.3. The highest BCUT2D eigenvalue weighted by atomic mass is 32.2. The van der Waals surface area contributed by atoms with Crippen molar-refractivity contribution in [3.63, 3.8) is 0 Å². The van der Waals surface area contributed by atoms with Gasteiger partial charge in [0.25, 0.3) is 5.91 Å². The van der Waals surface area contributed by atoms with E-state index in [0.717, 1.165) is 0 Å². The van der Waals surface area contributed by atoms with Gasteiger partial charge in [0, 0.05) is 24.2 Å². The van der Waals surface area contributed by atoms with Crippen molar-refractivity contribution in [3.8, 4) is 0 Å². The topological polar surface area (TPSA) is 68.0 Å². The molecule has 0 aliphatic rings. The van der Waals surface area contributed by atoms with Crippen LogP contribution >= 0.6 is 23.1 Å². The van der Waals surface area contributed by atoms with Gasteiger partial charge in [0.05, 0.1) is 0 Å². The van der Waals surface area contributed by atoms with Gasteiger partial charge >= 0.3 is 5.51 Å². The molecule has 0 aliphatic heterocycles.